The first-order chi connectivity index (χ1) is 6.61. The van der Waals surface area contributed by atoms with Gasteiger partial charge < -0.3 is 10.8 Å². The summed E-state index contributed by atoms with van der Waals surface area (Å²) in [4.78, 5) is 14.3. The first-order valence-corrected chi connectivity index (χ1v) is 4.74. The standard InChI is InChI=1S/C8H9N3O2S/c9-7(10)5-2-1-3-11-8(5)14-4-6(12)13/h1-3H,4H2,(H3,9,10)(H,12,13). The van der Waals surface area contributed by atoms with Gasteiger partial charge in [-0.25, -0.2) is 4.98 Å². The summed E-state index contributed by atoms with van der Waals surface area (Å²) in [6.45, 7) is 0. The van der Waals surface area contributed by atoms with Crippen molar-refractivity contribution >= 4 is 23.6 Å². The molecule has 0 aliphatic carbocycles. The molecule has 0 fully saturated rings. The molecule has 5 nitrogen and oxygen atoms in total. The Morgan fingerprint density at radius 1 is 1.71 bits per heavy atom. The van der Waals surface area contributed by atoms with Gasteiger partial charge in [-0.1, -0.05) is 11.8 Å². The summed E-state index contributed by atoms with van der Waals surface area (Å²) in [7, 11) is 0. The summed E-state index contributed by atoms with van der Waals surface area (Å²) < 4.78 is 0. The van der Waals surface area contributed by atoms with Gasteiger partial charge in [-0.05, 0) is 12.1 Å². The predicted molar refractivity (Wildman–Crippen MR) is 53.6 cm³/mol. The summed E-state index contributed by atoms with van der Waals surface area (Å²) in [6, 6.07) is 3.29. The lowest BCUT2D eigenvalue weighted by Gasteiger charge is -2.03. The van der Waals surface area contributed by atoms with E-state index in [0.29, 0.717) is 10.6 Å². The van der Waals surface area contributed by atoms with Crippen molar-refractivity contribution < 1.29 is 9.90 Å². The van der Waals surface area contributed by atoms with E-state index in [1.54, 1.807) is 12.1 Å². The molecule has 0 unspecified atom stereocenters. The highest BCUT2D eigenvalue weighted by Crippen LogP contribution is 2.18. The minimum Gasteiger partial charge on any atom is -0.481 e. The quantitative estimate of drug-likeness (QED) is 0.383. The number of thioether (sulfide) groups is 1. The largest absolute Gasteiger partial charge is 0.481 e. The molecule has 0 amide bonds. The molecule has 1 heterocycles. The Kier molecular flexibility index (Phi) is 3.47. The molecular weight excluding hydrogens is 202 g/mol. The van der Waals surface area contributed by atoms with E-state index in [2.05, 4.69) is 4.98 Å². The number of rotatable bonds is 4. The fourth-order valence-corrected chi connectivity index (χ4v) is 1.57. The van der Waals surface area contributed by atoms with Crippen molar-refractivity contribution in [2.75, 3.05) is 5.75 Å². The monoisotopic (exact) mass is 211 g/mol. The van der Waals surface area contributed by atoms with E-state index < -0.39 is 5.97 Å². The van der Waals surface area contributed by atoms with E-state index in [0.717, 1.165) is 11.8 Å². The van der Waals surface area contributed by atoms with Crippen LogP contribution in [0.3, 0.4) is 0 Å². The number of nitrogens with two attached hydrogens (primary N) is 1. The molecule has 0 aliphatic heterocycles. The van der Waals surface area contributed by atoms with Gasteiger partial charge in [0.25, 0.3) is 0 Å². The fourth-order valence-electron chi connectivity index (χ4n) is 0.841. The Bertz CT molecular complexity index is 367. The van der Waals surface area contributed by atoms with Gasteiger partial charge in [-0.2, -0.15) is 0 Å². The zero-order valence-corrected chi connectivity index (χ0v) is 8.04. The topological polar surface area (TPSA) is 100 Å². The maximum atomic E-state index is 10.3. The number of aliphatic carboxylic acids is 1. The number of carbonyl (C=O) groups is 1. The predicted octanol–water partition coefficient (Wildman–Crippen LogP) is 0.542. The molecule has 74 valence electrons. The summed E-state index contributed by atoms with van der Waals surface area (Å²) in [5.74, 6) is -1.11. The first-order valence-electron chi connectivity index (χ1n) is 3.75. The maximum absolute atomic E-state index is 10.3. The van der Waals surface area contributed by atoms with E-state index in [1.165, 1.54) is 6.20 Å². The lowest BCUT2D eigenvalue weighted by atomic mass is 10.3. The highest BCUT2D eigenvalue weighted by atomic mass is 32.2. The first kappa shape index (κ1) is 10.5. The van der Waals surface area contributed by atoms with Crippen LogP contribution >= 0.6 is 11.8 Å². The lowest BCUT2D eigenvalue weighted by Crippen LogP contribution is -2.13. The van der Waals surface area contributed by atoms with Crippen LogP contribution in [0.4, 0.5) is 0 Å². The Morgan fingerprint density at radius 2 is 2.43 bits per heavy atom. The van der Waals surface area contributed by atoms with Crippen LogP contribution in [-0.2, 0) is 4.79 Å². The van der Waals surface area contributed by atoms with Crippen molar-refractivity contribution in [2.45, 2.75) is 5.03 Å². The minimum atomic E-state index is -0.921. The highest BCUT2D eigenvalue weighted by Gasteiger charge is 2.08. The number of pyridine rings is 1. The van der Waals surface area contributed by atoms with Crippen LogP contribution in [0.1, 0.15) is 5.56 Å². The third-order valence-electron chi connectivity index (χ3n) is 1.39. The molecule has 0 saturated heterocycles. The Labute approximate surface area is 84.8 Å². The SMILES string of the molecule is N=C(N)c1cccnc1SCC(=O)O. The van der Waals surface area contributed by atoms with Crippen molar-refractivity contribution in [1.29, 1.82) is 5.41 Å². The molecule has 0 spiro atoms. The van der Waals surface area contributed by atoms with Crippen LogP contribution in [0, 0.1) is 5.41 Å². The summed E-state index contributed by atoms with van der Waals surface area (Å²) in [6.07, 6.45) is 1.54. The number of carboxylic acid groups (broad SMARTS) is 1. The molecule has 1 rings (SSSR count). The second kappa shape index (κ2) is 4.61. The summed E-state index contributed by atoms with van der Waals surface area (Å²) in [5.41, 5.74) is 5.77. The molecule has 0 bridgehead atoms. The van der Waals surface area contributed by atoms with Crippen molar-refractivity contribution in [2.24, 2.45) is 5.73 Å². The Balaban J connectivity index is 2.84. The average molecular weight is 211 g/mol. The van der Waals surface area contributed by atoms with Gasteiger partial charge >= 0.3 is 5.97 Å². The van der Waals surface area contributed by atoms with Crippen molar-refractivity contribution in [3.63, 3.8) is 0 Å². The molecule has 0 aromatic carbocycles. The van der Waals surface area contributed by atoms with Crippen LogP contribution in [-0.4, -0.2) is 27.6 Å². The second-order valence-electron chi connectivity index (χ2n) is 2.45. The number of nitrogens with one attached hydrogen (secondary N) is 1. The molecule has 6 heteroatoms. The van der Waals surface area contributed by atoms with E-state index in [4.69, 9.17) is 16.2 Å². The number of nitrogen functional groups attached to an aromatic ring is 1. The highest BCUT2D eigenvalue weighted by molar-refractivity contribution is 7.99. The third-order valence-corrected chi connectivity index (χ3v) is 2.38. The average Bonchev–Trinajstić information content (AvgIpc) is 2.15. The van der Waals surface area contributed by atoms with Gasteiger partial charge in [0.05, 0.1) is 5.75 Å². The van der Waals surface area contributed by atoms with E-state index in [9.17, 15) is 4.79 Å². The number of aromatic nitrogens is 1. The molecule has 1 aromatic heterocycles. The van der Waals surface area contributed by atoms with Gasteiger partial charge in [0.1, 0.15) is 10.9 Å². The van der Waals surface area contributed by atoms with Crippen LogP contribution < -0.4 is 5.73 Å². The normalized spacial score (nSPS) is 9.71. The number of hydrogen-bond acceptors (Lipinski definition) is 4. The zero-order valence-electron chi connectivity index (χ0n) is 7.23. The molecule has 0 radical (unpaired) electrons. The van der Waals surface area contributed by atoms with Crippen molar-refractivity contribution in [3.8, 4) is 0 Å². The van der Waals surface area contributed by atoms with Gasteiger partial charge in [0.2, 0.25) is 0 Å². The molecule has 0 atom stereocenters. The maximum Gasteiger partial charge on any atom is 0.313 e. The van der Waals surface area contributed by atoms with Crippen LogP contribution in [0.25, 0.3) is 0 Å². The molecule has 4 N–H and O–H groups in total. The third kappa shape index (κ3) is 2.74. The van der Waals surface area contributed by atoms with Gasteiger partial charge in [-0.15, -0.1) is 0 Å². The van der Waals surface area contributed by atoms with Gasteiger partial charge in [0, 0.05) is 11.8 Å². The minimum absolute atomic E-state index is 0.0860. The summed E-state index contributed by atoms with van der Waals surface area (Å²) in [5, 5.41) is 16.2. The number of nitrogens with zero attached hydrogens (tertiary/aromatic N) is 1. The number of carboxylic acids is 1. The zero-order chi connectivity index (χ0) is 10.6. The van der Waals surface area contributed by atoms with E-state index >= 15 is 0 Å². The lowest BCUT2D eigenvalue weighted by molar-refractivity contribution is -0.133. The molecule has 14 heavy (non-hydrogen) atoms. The molecular formula is C8H9N3O2S. The van der Waals surface area contributed by atoms with Gasteiger partial charge in [0.15, 0.2) is 0 Å². The van der Waals surface area contributed by atoms with E-state index in [1.807, 2.05) is 0 Å². The van der Waals surface area contributed by atoms with E-state index in [-0.39, 0.29) is 11.6 Å². The number of hydrogen-bond donors (Lipinski definition) is 3. The van der Waals surface area contributed by atoms with Crippen LogP contribution in [0.2, 0.25) is 0 Å². The summed E-state index contributed by atoms with van der Waals surface area (Å²) >= 11 is 1.05. The van der Waals surface area contributed by atoms with Crippen molar-refractivity contribution in [3.05, 3.63) is 23.9 Å². The fraction of sp³-hybridized carbons (Fsp3) is 0.125. The second-order valence-corrected chi connectivity index (χ2v) is 3.42. The van der Waals surface area contributed by atoms with Crippen LogP contribution in [0.5, 0.6) is 0 Å². The Morgan fingerprint density at radius 3 is 3.00 bits per heavy atom. The smallest absolute Gasteiger partial charge is 0.313 e. The molecule has 0 saturated carbocycles. The van der Waals surface area contributed by atoms with Crippen molar-refractivity contribution in [1.82, 2.24) is 4.98 Å². The number of amidine groups is 1. The van der Waals surface area contributed by atoms with Gasteiger partial charge in [-0.3, -0.25) is 10.2 Å². The molecule has 1 aromatic rings. The Hall–Kier alpha value is -1.56. The molecule has 0 aliphatic rings. The van der Waals surface area contributed by atoms with Crippen LogP contribution in [0.15, 0.2) is 23.4 Å².